The van der Waals surface area contributed by atoms with Crippen LogP contribution in [-0.4, -0.2) is 22.6 Å². The first-order chi connectivity index (χ1) is 8.75. The molecule has 0 fully saturated rings. The first-order valence-corrected chi connectivity index (χ1v) is 7.46. The Bertz CT molecular complexity index is 502. The molecule has 4 nitrogen and oxygen atoms in total. The van der Waals surface area contributed by atoms with Gasteiger partial charge in [0.05, 0.1) is 6.61 Å². The van der Waals surface area contributed by atoms with Crippen LogP contribution >= 0.6 is 23.1 Å². The predicted octanol–water partition coefficient (Wildman–Crippen LogP) is 2.99. The summed E-state index contributed by atoms with van der Waals surface area (Å²) in [6, 6.07) is 8.04. The van der Waals surface area contributed by atoms with E-state index >= 15 is 0 Å². The van der Waals surface area contributed by atoms with E-state index in [4.69, 9.17) is 10.5 Å². The molecule has 0 radical (unpaired) electrons. The molecule has 0 aliphatic heterocycles. The van der Waals surface area contributed by atoms with Crippen LogP contribution in [0.2, 0.25) is 0 Å². The van der Waals surface area contributed by atoms with Crippen LogP contribution < -0.4 is 10.5 Å². The molecule has 2 N–H and O–H groups in total. The summed E-state index contributed by atoms with van der Waals surface area (Å²) >= 11 is 3.09. The minimum Gasteiger partial charge on any atom is -0.493 e. The molecule has 0 bridgehead atoms. The van der Waals surface area contributed by atoms with Gasteiger partial charge in [0.25, 0.3) is 0 Å². The normalized spacial score (nSPS) is 10.5. The molecule has 1 aromatic heterocycles. The van der Waals surface area contributed by atoms with Gasteiger partial charge in [0.1, 0.15) is 5.75 Å². The van der Waals surface area contributed by atoms with E-state index in [1.807, 2.05) is 31.2 Å². The van der Waals surface area contributed by atoms with Gasteiger partial charge >= 0.3 is 0 Å². The van der Waals surface area contributed by atoms with Crippen molar-refractivity contribution in [3.05, 3.63) is 29.8 Å². The van der Waals surface area contributed by atoms with Crippen LogP contribution in [0.15, 0.2) is 28.6 Å². The number of aryl methyl sites for hydroxylation is 1. The molecule has 1 aromatic carbocycles. The number of aromatic nitrogens is 2. The van der Waals surface area contributed by atoms with Crippen LogP contribution in [0.3, 0.4) is 0 Å². The van der Waals surface area contributed by atoms with Crippen molar-refractivity contribution in [1.29, 1.82) is 0 Å². The zero-order valence-electron chi connectivity index (χ0n) is 10.1. The molecule has 6 heteroatoms. The first kappa shape index (κ1) is 13.2. The van der Waals surface area contributed by atoms with Gasteiger partial charge in [-0.2, -0.15) is 0 Å². The van der Waals surface area contributed by atoms with Crippen molar-refractivity contribution < 1.29 is 4.74 Å². The van der Waals surface area contributed by atoms with E-state index in [9.17, 15) is 0 Å². The Kier molecular flexibility index (Phi) is 4.83. The van der Waals surface area contributed by atoms with Crippen LogP contribution in [-0.2, 0) is 0 Å². The predicted molar refractivity (Wildman–Crippen MR) is 76.3 cm³/mol. The lowest BCUT2D eigenvalue weighted by Crippen LogP contribution is -1.99. The van der Waals surface area contributed by atoms with Crippen LogP contribution in [0.25, 0.3) is 0 Å². The fourth-order valence-electron chi connectivity index (χ4n) is 1.40. The largest absolute Gasteiger partial charge is 0.493 e. The number of nitrogens with two attached hydrogens (primary N) is 1. The highest BCUT2D eigenvalue weighted by molar-refractivity contribution is 8.01. The second-order valence-electron chi connectivity index (χ2n) is 3.72. The number of ether oxygens (including phenoxy) is 1. The van der Waals surface area contributed by atoms with Crippen molar-refractivity contribution in [2.45, 2.75) is 17.7 Å². The number of nitrogen functional groups attached to an aromatic ring is 1. The van der Waals surface area contributed by atoms with Crippen molar-refractivity contribution in [1.82, 2.24) is 10.2 Å². The molecule has 0 saturated heterocycles. The summed E-state index contributed by atoms with van der Waals surface area (Å²) < 4.78 is 6.63. The lowest BCUT2D eigenvalue weighted by atomic mass is 10.2. The van der Waals surface area contributed by atoms with Gasteiger partial charge < -0.3 is 10.5 Å². The Balaban J connectivity index is 1.66. The molecule has 0 amide bonds. The Morgan fingerprint density at radius 1 is 1.33 bits per heavy atom. The van der Waals surface area contributed by atoms with Crippen molar-refractivity contribution in [2.75, 3.05) is 18.1 Å². The van der Waals surface area contributed by atoms with Gasteiger partial charge in [-0.05, 0) is 25.0 Å². The van der Waals surface area contributed by atoms with Crippen LogP contribution in [0.4, 0.5) is 5.13 Å². The fraction of sp³-hybridized carbons (Fsp3) is 0.333. The van der Waals surface area contributed by atoms with Crippen molar-refractivity contribution in [3.8, 4) is 5.75 Å². The zero-order valence-corrected chi connectivity index (χ0v) is 11.8. The van der Waals surface area contributed by atoms with Gasteiger partial charge in [0.15, 0.2) is 4.34 Å². The summed E-state index contributed by atoms with van der Waals surface area (Å²) in [7, 11) is 0. The van der Waals surface area contributed by atoms with E-state index in [1.54, 1.807) is 11.8 Å². The molecule has 0 aliphatic rings. The Labute approximate surface area is 115 Å². The smallest absolute Gasteiger partial charge is 0.203 e. The number of nitrogens with zero attached hydrogens (tertiary/aromatic N) is 2. The van der Waals surface area contributed by atoms with Gasteiger partial charge in [-0.15, -0.1) is 10.2 Å². The minimum absolute atomic E-state index is 0.522. The van der Waals surface area contributed by atoms with Crippen LogP contribution in [0, 0.1) is 6.92 Å². The van der Waals surface area contributed by atoms with Gasteiger partial charge in [-0.1, -0.05) is 41.3 Å². The molecular weight excluding hydrogens is 266 g/mol. The highest BCUT2D eigenvalue weighted by atomic mass is 32.2. The number of hydrogen-bond acceptors (Lipinski definition) is 6. The number of thioether (sulfide) groups is 1. The lowest BCUT2D eigenvalue weighted by Gasteiger charge is -2.07. The zero-order chi connectivity index (χ0) is 12.8. The van der Waals surface area contributed by atoms with Gasteiger partial charge in [0.2, 0.25) is 5.13 Å². The third-order valence-corrected chi connectivity index (χ3v) is 4.26. The van der Waals surface area contributed by atoms with E-state index in [1.165, 1.54) is 16.9 Å². The molecule has 0 unspecified atom stereocenters. The highest BCUT2D eigenvalue weighted by Gasteiger charge is 2.02. The second-order valence-corrected chi connectivity index (χ2v) is 6.07. The lowest BCUT2D eigenvalue weighted by molar-refractivity contribution is 0.316. The summed E-state index contributed by atoms with van der Waals surface area (Å²) in [5.41, 5.74) is 6.68. The van der Waals surface area contributed by atoms with E-state index in [0.717, 1.165) is 22.3 Å². The molecule has 2 rings (SSSR count). The number of benzene rings is 1. The monoisotopic (exact) mass is 281 g/mol. The number of para-hydroxylation sites is 1. The van der Waals surface area contributed by atoms with Gasteiger partial charge in [-0.3, -0.25) is 0 Å². The molecule has 2 aromatic rings. The molecule has 0 spiro atoms. The molecule has 96 valence electrons. The summed E-state index contributed by atoms with van der Waals surface area (Å²) in [5, 5.41) is 8.24. The first-order valence-electron chi connectivity index (χ1n) is 5.66. The Morgan fingerprint density at radius 3 is 2.89 bits per heavy atom. The summed E-state index contributed by atoms with van der Waals surface area (Å²) in [6.45, 7) is 2.76. The molecule has 1 heterocycles. The molecular formula is C12H15N3OS2. The minimum atomic E-state index is 0.522. The maximum absolute atomic E-state index is 5.71. The highest BCUT2D eigenvalue weighted by Crippen LogP contribution is 2.24. The van der Waals surface area contributed by atoms with E-state index in [-0.39, 0.29) is 0 Å². The number of rotatable bonds is 6. The van der Waals surface area contributed by atoms with Crippen LogP contribution in [0.5, 0.6) is 5.75 Å². The maximum atomic E-state index is 5.71. The van der Waals surface area contributed by atoms with Crippen molar-refractivity contribution in [2.24, 2.45) is 0 Å². The Hall–Kier alpha value is -1.27. The maximum Gasteiger partial charge on any atom is 0.203 e. The number of hydrogen-bond donors (Lipinski definition) is 1. The quantitative estimate of drug-likeness (QED) is 0.651. The fourth-order valence-corrected chi connectivity index (χ4v) is 3.02. The van der Waals surface area contributed by atoms with E-state index < -0.39 is 0 Å². The topological polar surface area (TPSA) is 61.0 Å². The molecule has 18 heavy (non-hydrogen) atoms. The average molecular weight is 281 g/mol. The van der Waals surface area contributed by atoms with Crippen molar-refractivity contribution >= 4 is 28.2 Å². The van der Waals surface area contributed by atoms with Crippen molar-refractivity contribution in [3.63, 3.8) is 0 Å². The summed E-state index contributed by atoms with van der Waals surface area (Å²) in [5.74, 6) is 1.92. The van der Waals surface area contributed by atoms with E-state index in [2.05, 4.69) is 10.2 Å². The third-order valence-electron chi connectivity index (χ3n) is 2.29. The Morgan fingerprint density at radius 2 is 2.17 bits per heavy atom. The summed E-state index contributed by atoms with van der Waals surface area (Å²) in [6.07, 6.45) is 0.971. The molecule has 0 atom stereocenters. The number of anilines is 1. The SMILES string of the molecule is Cc1ccccc1OCCCSc1nnc(N)s1. The average Bonchev–Trinajstić information content (AvgIpc) is 2.77. The standard InChI is InChI=1S/C12H15N3OS2/c1-9-5-2-3-6-10(9)16-7-4-8-17-12-15-14-11(13)18-12/h2-3,5-6H,4,7-8H2,1H3,(H2,13,14). The van der Waals surface area contributed by atoms with Gasteiger partial charge in [-0.25, -0.2) is 0 Å². The van der Waals surface area contributed by atoms with Gasteiger partial charge in [0, 0.05) is 5.75 Å². The third kappa shape index (κ3) is 3.89. The van der Waals surface area contributed by atoms with Crippen LogP contribution in [0.1, 0.15) is 12.0 Å². The second kappa shape index (κ2) is 6.61. The molecule has 0 saturated carbocycles. The van der Waals surface area contributed by atoms with E-state index in [0.29, 0.717) is 11.7 Å². The molecule has 0 aliphatic carbocycles. The summed E-state index contributed by atoms with van der Waals surface area (Å²) in [4.78, 5) is 0.